The topological polar surface area (TPSA) is 57.6 Å². The van der Waals surface area contributed by atoms with Crippen LogP contribution < -0.4 is 0 Å². The normalized spacial score (nSPS) is 18.7. The Bertz CT molecular complexity index is 185. The van der Waals surface area contributed by atoms with Crippen LogP contribution in [0.15, 0.2) is 0 Å². The molecule has 1 amide bonds. The minimum atomic E-state index is -0.414. The van der Waals surface area contributed by atoms with Crippen molar-refractivity contribution in [1.82, 2.24) is 4.90 Å². The van der Waals surface area contributed by atoms with E-state index in [1.165, 1.54) is 0 Å². The van der Waals surface area contributed by atoms with E-state index >= 15 is 0 Å². The van der Waals surface area contributed by atoms with Gasteiger partial charge in [0.2, 0.25) is 6.29 Å². The first kappa shape index (κ1) is 10.2. The van der Waals surface area contributed by atoms with Crippen molar-refractivity contribution in [1.29, 1.82) is 0 Å². The van der Waals surface area contributed by atoms with Crippen LogP contribution in [0.3, 0.4) is 0 Å². The van der Waals surface area contributed by atoms with Crippen LogP contribution in [0.25, 0.3) is 0 Å². The molecule has 1 N–H and O–H groups in total. The number of hydrogen-bond donors (Lipinski definition) is 1. The Morgan fingerprint density at radius 3 is 2.54 bits per heavy atom. The van der Waals surface area contributed by atoms with Gasteiger partial charge in [0.25, 0.3) is 5.91 Å². The van der Waals surface area contributed by atoms with E-state index in [2.05, 4.69) is 0 Å². The Morgan fingerprint density at radius 2 is 2.08 bits per heavy atom. The number of aliphatic hydroxyl groups is 1. The number of aldehydes is 1. The molecule has 0 aromatic rings. The predicted molar refractivity (Wildman–Crippen MR) is 47.1 cm³/mol. The number of rotatable bonds is 3. The largest absolute Gasteiger partial charge is 0.396 e. The van der Waals surface area contributed by atoms with Crippen molar-refractivity contribution < 1.29 is 14.7 Å². The van der Waals surface area contributed by atoms with E-state index in [9.17, 15) is 9.59 Å². The quantitative estimate of drug-likeness (QED) is 0.489. The molecule has 74 valence electrons. The first-order chi connectivity index (χ1) is 6.27. The van der Waals surface area contributed by atoms with Gasteiger partial charge in [-0.15, -0.1) is 0 Å². The van der Waals surface area contributed by atoms with Crippen LogP contribution in [0.1, 0.15) is 19.3 Å². The van der Waals surface area contributed by atoms with Gasteiger partial charge in [-0.25, -0.2) is 0 Å². The summed E-state index contributed by atoms with van der Waals surface area (Å²) >= 11 is 0. The second-order valence-corrected chi connectivity index (χ2v) is 3.40. The molecule has 0 bridgehead atoms. The van der Waals surface area contributed by atoms with Crippen LogP contribution in [0.5, 0.6) is 0 Å². The Kier molecular flexibility index (Phi) is 3.89. The Balaban J connectivity index is 2.30. The maximum Gasteiger partial charge on any atom is 0.286 e. The van der Waals surface area contributed by atoms with E-state index in [-0.39, 0.29) is 6.61 Å². The lowest BCUT2D eigenvalue weighted by Gasteiger charge is -2.30. The van der Waals surface area contributed by atoms with E-state index in [1.54, 1.807) is 4.90 Å². The molecule has 0 unspecified atom stereocenters. The number of aliphatic hydroxyl groups excluding tert-OH is 1. The maximum absolute atomic E-state index is 10.9. The summed E-state index contributed by atoms with van der Waals surface area (Å²) in [6.45, 7) is 1.52. The molecule has 1 heterocycles. The fourth-order valence-corrected chi connectivity index (χ4v) is 1.70. The second-order valence-electron chi connectivity index (χ2n) is 3.40. The fourth-order valence-electron chi connectivity index (χ4n) is 1.70. The molecule has 13 heavy (non-hydrogen) atoms. The van der Waals surface area contributed by atoms with Crippen molar-refractivity contribution >= 4 is 12.2 Å². The van der Waals surface area contributed by atoms with Gasteiger partial charge in [0, 0.05) is 19.7 Å². The second kappa shape index (κ2) is 4.97. The molecular weight excluding hydrogens is 170 g/mol. The van der Waals surface area contributed by atoms with Crippen LogP contribution in [-0.4, -0.2) is 41.9 Å². The highest BCUT2D eigenvalue weighted by atomic mass is 16.3. The van der Waals surface area contributed by atoms with Gasteiger partial charge < -0.3 is 10.0 Å². The number of amides is 1. The zero-order valence-corrected chi connectivity index (χ0v) is 7.61. The molecule has 0 aromatic heterocycles. The molecule has 1 rings (SSSR count). The first-order valence-corrected chi connectivity index (χ1v) is 4.63. The van der Waals surface area contributed by atoms with Gasteiger partial charge in [-0.1, -0.05) is 0 Å². The predicted octanol–water partition coefficient (Wildman–Crippen LogP) is -0.194. The fraction of sp³-hybridized carbons (Fsp3) is 0.778. The van der Waals surface area contributed by atoms with Crippen LogP contribution in [0, 0.1) is 5.92 Å². The summed E-state index contributed by atoms with van der Waals surface area (Å²) in [5.74, 6) is 0.100. The van der Waals surface area contributed by atoms with E-state index < -0.39 is 5.91 Å². The zero-order valence-electron chi connectivity index (χ0n) is 7.61. The van der Waals surface area contributed by atoms with Crippen molar-refractivity contribution in [2.45, 2.75) is 19.3 Å². The molecule has 4 nitrogen and oxygen atoms in total. The summed E-state index contributed by atoms with van der Waals surface area (Å²) in [5, 5.41) is 8.70. The molecular formula is C9H15NO3. The molecule has 0 spiro atoms. The van der Waals surface area contributed by atoms with Crippen LogP contribution in [0.4, 0.5) is 0 Å². The SMILES string of the molecule is O=CC(=O)N1CCC(CCO)CC1. The Hall–Kier alpha value is -0.900. The van der Waals surface area contributed by atoms with E-state index in [0.29, 0.717) is 25.3 Å². The van der Waals surface area contributed by atoms with E-state index in [0.717, 1.165) is 19.3 Å². The van der Waals surface area contributed by atoms with Gasteiger partial charge in [-0.2, -0.15) is 0 Å². The summed E-state index contributed by atoms with van der Waals surface area (Å²) in [6.07, 6.45) is 2.98. The van der Waals surface area contributed by atoms with Crippen molar-refractivity contribution in [3.05, 3.63) is 0 Å². The minimum Gasteiger partial charge on any atom is -0.396 e. The third-order valence-corrected chi connectivity index (χ3v) is 2.56. The Morgan fingerprint density at radius 1 is 1.46 bits per heavy atom. The zero-order chi connectivity index (χ0) is 9.68. The molecule has 0 saturated carbocycles. The summed E-state index contributed by atoms with van der Waals surface area (Å²) < 4.78 is 0. The molecule has 1 aliphatic rings. The molecule has 1 fully saturated rings. The van der Waals surface area contributed by atoms with Gasteiger partial charge in [0.1, 0.15) is 0 Å². The lowest BCUT2D eigenvalue weighted by atomic mass is 9.94. The Labute approximate surface area is 77.5 Å². The molecule has 1 aliphatic heterocycles. The van der Waals surface area contributed by atoms with Crippen molar-refractivity contribution in [2.75, 3.05) is 19.7 Å². The van der Waals surface area contributed by atoms with Gasteiger partial charge in [-0.05, 0) is 25.2 Å². The van der Waals surface area contributed by atoms with Crippen molar-refractivity contribution in [2.24, 2.45) is 5.92 Å². The number of piperidine rings is 1. The number of hydrogen-bond acceptors (Lipinski definition) is 3. The number of carbonyl (C=O) groups is 2. The standard InChI is InChI=1S/C9H15NO3/c11-6-3-8-1-4-10(5-2-8)9(13)7-12/h7-8,11H,1-6H2. The molecule has 4 heteroatoms. The van der Waals surface area contributed by atoms with E-state index in [4.69, 9.17) is 5.11 Å². The average molecular weight is 185 g/mol. The monoisotopic (exact) mass is 185 g/mol. The molecule has 1 saturated heterocycles. The number of nitrogens with zero attached hydrogens (tertiary/aromatic N) is 1. The molecule has 0 radical (unpaired) electrons. The third-order valence-electron chi connectivity index (χ3n) is 2.56. The van der Waals surface area contributed by atoms with Crippen molar-refractivity contribution in [3.63, 3.8) is 0 Å². The van der Waals surface area contributed by atoms with Crippen LogP contribution in [-0.2, 0) is 9.59 Å². The van der Waals surface area contributed by atoms with Crippen molar-refractivity contribution in [3.8, 4) is 0 Å². The highest BCUT2D eigenvalue weighted by Crippen LogP contribution is 2.19. The summed E-state index contributed by atoms with van der Waals surface area (Å²) in [6, 6.07) is 0. The lowest BCUT2D eigenvalue weighted by Crippen LogP contribution is -2.39. The third kappa shape index (κ3) is 2.81. The van der Waals surface area contributed by atoms with Gasteiger partial charge >= 0.3 is 0 Å². The first-order valence-electron chi connectivity index (χ1n) is 4.63. The van der Waals surface area contributed by atoms with Crippen LogP contribution >= 0.6 is 0 Å². The molecule has 0 aromatic carbocycles. The van der Waals surface area contributed by atoms with Crippen LogP contribution in [0.2, 0.25) is 0 Å². The highest BCUT2D eigenvalue weighted by molar-refractivity contribution is 6.23. The minimum absolute atomic E-state index is 0.215. The highest BCUT2D eigenvalue weighted by Gasteiger charge is 2.21. The van der Waals surface area contributed by atoms with Gasteiger partial charge in [0.15, 0.2) is 0 Å². The van der Waals surface area contributed by atoms with E-state index in [1.807, 2.05) is 0 Å². The van der Waals surface area contributed by atoms with Gasteiger partial charge in [0.05, 0.1) is 0 Å². The number of carbonyl (C=O) groups excluding carboxylic acids is 2. The lowest BCUT2D eigenvalue weighted by molar-refractivity contribution is -0.139. The van der Waals surface area contributed by atoms with Gasteiger partial charge in [-0.3, -0.25) is 9.59 Å². The summed E-state index contributed by atoms with van der Waals surface area (Å²) in [4.78, 5) is 22.7. The maximum atomic E-state index is 10.9. The average Bonchev–Trinajstić information content (AvgIpc) is 2.18. The molecule has 0 atom stereocenters. The number of likely N-dealkylation sites (tertiary alicyclic amines) is 1. The smallest absolute Gasteiger partial charge is 0.286 e. The summed E-state index contributed by atoms with van der Waals surface area (Å²) in [7, 11) is 0. The summed E-state index contributed by atoms with van der Waals surface area (Å²) in [5.41, 5.74) is 0. The molecule has 0 aliphatic carbocycles.